The van der Waals surface area contributed by atoms with E-state index in [4.69, 9.17) is 0 Å². The average molecular weight is 298 g/mol. The lowest BCUT2D eigenvalue weighted by Gasteiger charge is -2.26. The molecule has 0 radical (unpaired) electrons. The molecule has 2 N–H and O–H groups in total. The van der Waals surface area contributed by atoms with Gasteiger partial charge in [0.25, 0.3) is 0 Å². The van der Waals surface area contributed by atoms with E-state index in [2.05, 4.69) is 25.7 Å². The second-order valence-corrected chi connectivity index (χ2v) is 5.58. The normalized spacial score (nSPS) is 15.4. The highest BCUT2D eigenvalue weighted by Crippen LogP contribution is 2.25. The monoisotopic (exact) mass is 298 g/mol. The smallest absolute Gasteiger partial charge is 0.191 e. The number of nitrogens with zero attached hydrogens (tertiary/aromatic N) is 4. The molecule has 1 aliphatic rings. The summed E-state index contributed by atoms with van der Waals surface area (Å²) in [5.74, 6) is 2.48. The Morgan fingerprint density at radius 3 is 2.95 bits per heavy atom. The summed E-state index contributed by atoms with van der Waals surface area (Å²) in [5, 5.41) is 10.9. The van der Waals surface area contributed by atoms with Crippen LogP contribution >= 0.6 is 0 Å². The number of aliphatic imine (C=N–C) groups is 1. The van der Waals surface area contributed by atoms with Crippen LogP contribution in [0.1, 0.15) is 24.8 Å². The molecule has 0 amide bonds. The molecular weight excluding hydrogens is 276 g/mol. The summed E-state index contributed by atoms with van der Waals surface area (Å²) in [4.78, 5) is 8.60. The minimum Gasteiger partial charge on any atom is -0.356 e. The van der Waals surface area contributed by atoms with Crippen LogP contribution in [0.4, 0.5) is 0 Å². The predicted octanol–water partition coefficient (Wildman–Crippen LogP) is 1.73. The maximum Gasteiger partial charge on any atom is 0.191 e. The minimum absolute atomic E-state index is 0.709. The number of aromatic nitrogens is 3. The zero-order valence-corrected chi connectivity index (χ0v) is 12.9. The molecule has 1 aliphatic carbocycles. The van der Waals surface area contributed by atoms with E-state index in [-0.39, 0.29) is 0 Å². The van der Waals surface area contributed by atoms with Crippen molar-refractivity contribution in [2.75, 3.05) is 13.6 Å². The molecule has 3 rings (SSSR count). The molecule has 0 atom stereocenters. The number of hydrogen-bond donors (Lipinski definition) is 2. The highest BCUT2D eigenvalue weighted by molar-refractivity contribution is 5.79. The quantitative estimate of drug-likeness (QED) is 0.652. The predicted molar refractivity (Wildman–Crippen MR) is 86.9 cm³/mol. The van der Waals surface area contributed by atoms with E-state index in [1.807, 2.05) is 24.4 Å². The van der Waals surface area contributed by atoms with E-state index in [0.717, 1.165) is 29.8 Å². The van der Waals surface area contributed by atoms with Crippen molar-refractivity contribution in [2.45, 2.75) is 25.8 Å². The Morgan fingerprint density at radius 1 is 1.36 bits per heavy atom. The first-order valence-electron chi connectivity index (χ1n) is 7.74. The van der Waals surface area contributed by atoms with Gasteiger partial charge in [-0.25, -0.2) is 9.67 Å². The fourth-order valence-electron chi connectivity index (χ4n) is 2.44. The second kappa shape index (κ2) is 7.06. The van der Waals surface area contributed by atoms with Crippen molar-refractivity contribution in [1.29, 1.82) is 0 Å². The van der Waals surface area contributed by atoms with Crippen molar-refractivity contribution >= 4 is 5.96 Å². The topological polar surface area (TPSA) is 67.1 Å². The van der Waals surface area contributed by atoms with Crippen LogP contribution < -0.4 is 10.6 Å². The third kappa shape index (κ3) is 3.63. The molecule has 0 unspecified atom stereocenters. The molecule has 1 fully saturated rings. The number of rotatable bonds is 5. The Morgan fingerprint density at radius 2 is 2.27 bits per heavy atom. The van der Waals surface area contributed by atoms with Gasteiger partial charge >= 0.3 is 0 Å². The first kappa shape index (κ1) is 14.6. The van der Waals surface area contributed by atoms with Gasteiger partial charge in [0, 0.05) is 38.7 Å². The van der Waals surface area contributed by atoms with Gasteiger partial charge in [0.2, 0.25) is 0 Å². The Balaban J connectivity index is 1.54. The number of guanidine groups is 1. The maximum absolute atomic E-state index is 4.33. The van der Waals surface area contributed by atoms with E-state index < -0.39 is 0 Å². The van der Waals surface area contributed by atoms with Crippen molar-refractivity contribution in [3.63, 3.8) is 0 Å². The van der Waals surface area contributed by atoms with Crippen molar-refractivity contribution in [1.82, 2.24) is 25.4 Å². The molecule has 0 bridgehead atoms. The molecule has 6 nitrogen and oxygen atoms in total. The van der Waals surface area contributed by atoms with Gasteiger partial charge in [-0.05, 0) is 42.5 Å². The zero-order valence-electron chi connectivity index (χ0n) is 12.9. The molecule has 0 spiro atoms. The number of hydrogen-bond acceptors (Lipinski definition) is 3. The van der Waals surface area contributed by atoms with Gasteiger partial charge in [0.05, 0.1) is 0 Å². The molecule has 116 valence electrons. The lowest BCUT2D eigenvalue weighted by molar-refractivity contribution is 0.314. The minimum atomic E-state index is 0.709. The summed E-state index contributed by atoms with van der Waals surface area (Å²) in [7, 11) is 1.80. The fraction of sp³-hybridized carbons (Fsp3) is 0.438. The standard InChI is InChI=1S/C16H22N6/c1-17-16(19-11-13-4-2-5-13)20-12-14-6-8-18-15(10-14)22-9-3-7-21-22/h3,6-10,13H,2,4-5,11-12H2,1H3,(H2,17,19,20). The SMILES string of the molecule is CN=C(NCc1ccnc(-n2cccn2)c1)NCC1CCC1. The molecule has 2 aromatic heterocycles. The van der Waals surface area contributed by atoms with Crippen LogP contribution in [0.25, 0.3) is 5.82 Å². The van der Waals surface area contributed by atoms with Gasteiger partial charge in [-0.2, -0.15) is 5.10 Å². The van der Waals surface area contributed by atoms with Crippen LogP contribution in [0, 0.1) is 5.92 Å². The van der Waals surface area contributed by atoms with Gasteiger partial charge in [-0.3, -0.25) is 4.99 Å². The molecular formula is C16H22N6. The van der Waals surface area contributed by atoms with Gasteiger partial charge in [0.15, 0.2) is 11.8 Å². The number of nitrogens with one attached hydrogen (secondary N) is 2. The van der Waals surface area contributed by atoms with Crippen LogP contribution in [-0.4, -0.2) is 34.3 Å². The largest absolute Gasteiger partial charge is 0.356 e. The Hall–Kier alpha value is -2.37. The summed E-state index contributed by atoms with van der Waals surface area (Å²) in [6.07, 6.45) is 9.48. The highest BCUT2D eigenvalue weighted by Gasteiger charge is 2.17. The van der Waals surface area contributed by atoms with E-state index in [1.54, 1.807) is 24.1 Å². The molecule has 6 heteroatoms. The van der Waals surface area contributed by atoms with E-state index >= 15 is 0 Å². The summed E-state index contributed by atoms with van der Waals surface area (Å²) in [5.41, 5.74) is 1.15. The summed E-state index contributed by atoms with van der Waals surface area (Å²) in [6, 6.07) is 5.91. The van der Waals surface area contributed by atoms with E-state index in [1.165, 1.54) is 19.3 Å². The molecule has 22 heavy (non-hydrogen) atoms. The number of pyridine rings is 1. The molecule has 0 saturated heterocycles. The lowest BCUT2D eigenvalue weighted by Crippen LogP contribution is -2.40. The van der Waals surface area contributed by atoms with E-state index in [0.29, 0.717) is 6.54 Å². The Labute approximate surface area is 130 Å². The van der Waals surface area contributed by atoms with E-state index in [9.17, 15) is 0 Å². The van der Waals surface area contributed by atoms with Crippen molar-refractivity contribution in [2.24, 2.45) is 10.9 Å². The molecule has 0 aromatic carbocycles. The lowest BCUT2D eigenvalue weighted by atomic mass is 9.85. The molecule has 1 saturated carbocycles. The van der Waals surface area contributed by atoms with Crippen LogP contribution in [-0.2, 0) is 6.54 Å². The summed E-state index contributed by atoms with van der Waals surface area (Å²) in [6.45, 7) is 1.72. The third-order valence-electron chi connectivity index (χ3n) is 4.02. The third-order valence-corrected chi connectivity index (χ3v) is 4.02. The average Bonchev–Trinajstić information content (AvgIpc) is 3.03. The van der Waals surface area contributed by atoms with Crippen LogP contribution in [0.5, 0.6) is 0 Å². The van der Waals surface area contributed by atoms with Crippen molar-refractivity contribution in [3.05, 3.63) is 42.4 Å². The van der Waals surface area contributed by atoms with Crippen LogP contribution in [0.15, 0.2) is 41.8 Å². The summed E-state index contributed by atoms with van der Waals surface area (Å²) >= 11 is 0. The molecule has 0 aliphatic heterocycles. The fourth-order valence-corrected chi connectivity index (χ4v) is 2.44. The van der Waals surface area contributed by atoms with Gasteiger partial charge in [0.1, 0.15) is 0 Å². The maximum atomic E-state index is 4.33. The first-order chi connectivity index (χ1) is 10.8. The first-order valence-corrected chi connectivity index (χ1v) is 7.74. The van der Waals surface area contributed by atoms with Crippen LogP contribution in [0.2, 0.25) is 0 Å². The Kier molecular flexibility index (Phi) is 4.68. The molecule has 2 heterocycles. The molecule has 2 aromatic rings. The van der Waals surface area contributed by atoms with Crippen molar-refractivity contribution in [3.8, 4) is 5.82 Å². The van der Waals surface area contributed by atoms with Crippen molar-refractivity contribution < 1.29 is 0 Å². The van der Waals surface area contributed by atoms with Gasteiger partial charge in [-0.15, -0.1) is 0 Å². The summed E-state index contributed by atoms with van der Waals surface area (Å²) < 4.78 is 1.76. The highest BCUT2D eigenvalue weighted by atomic mass is 15.3. The van der Waals surface area contributed by atoms with Gasteiger partial charge < -0.3 is 10.6 Å². The Bertz CT molecular complexity index is 615. The van der Waals surface area contributed by atoms with Crippen LogP contribution in [0.3, 0.4) is 0 Å². The van der Waals surface area contributed by atoms with Gasteiger partial charge in [-0.1, -0.05) is 6.42 Å². The second-order valence-electron chi connectivity index (χ2n) is 5.58. The zero-order chi connectivity index (χ0) is 15.2.